The number of carbonyl (C=O) groups excluding carboxylic acids is 1. The highest BCUT2D eigenvalue weighted by molar-refractivity contribution is 7.89. The summed E-state index contributed by atoms with van der Waals surface area (Å²) in [5.41, 5.74) is -0.0337. The Morgan fingerprint density at radius 1 is 0.939 bits per heavy atom. The quantitative estimate of drug-likeness (QED) is 0.601. The van der Waals surface area contributed by atoms with Crippen molar-refractivity contribution in [1.29, 1.82) is 0 Å². The number of methoxy groups -OCH3 is 2. The fourth-order valence-electron chi connectivity index (χ4n) is 3.56. The van der Waals surface area contributed by atoms with Crippen LogP contribution < -0.4 is 9.47 Å². The van der Waals surface area contributed by atoms with Gasteiger partial charge in [-0.05, 0) is 48.4 Å². The molecule has 2 aromatic rings. The molecule has 1 saturated heterocycles. The van der Waals surface area contributed by atoms with Crippen LogP contribution in [-0.4, -0.2) is 63.9 Å². The lowest BCUT2D eigenvalue weighted by Gasteiger charge is -2.34. The number of carbonyl (C=O) groups is 1. The van der Waals surface area contributed by atoms with Crippen LogP contribution in [0.3, 0.4) is 0 Å². The molecule has 0 aliphatic carbocycles. The van der Waals surface area contributed by atoms with Crippen molar-refractivity contribution in [3.8, 4) is 11.5 Å². The number of ether oxygens (including phenoxy) is 2. The second kappa shape index (κ2) is 10.0. The Bertz CT molecular complexity index is 1060. The average molecular weight is 487 g/mol. The van der Waals surface area contributed by atoms with E-state index >= 15 is 0 Å². The van der Waals surface area contributed by atoms with Crippen LogP contribution >= 0.6 is 0 Å². The van der Waals surface area contributed by atoms with Crippen LogP contribution in [0.25, 0.3) is 0 Å². The van der Waals surface area contributed by atoms with Crippen molar-refractivity contribution in [1.82, 2.24) is 9.21 Å². The van der Waals surface area contributed by atoms with Crippen molar-refractivity contribution in [3.63, 3.8) is 0 Å². The first kappa shape index (κ1) is 24.8. The van der Waals surface area contributed by atoms with Crippen LogP contribution in [0.2, 0.25) is 0 Å². The van der Waals surface area contributed by atoms with E-state index in [1.54, 1.807) is 25.2 Å². The van der Waals surface area contributed by atoms with E-state index in [1.165, 1.54) is 4.31 Å². The maximum Gasteiger partial charge on any atom is 0.416 e. The molecule has 0 unspecified atom stereocenters. The number of alkyl halides is 3. The van der Waals surface area contributed by atoms with E-state index in [2.05, 4.69) is 0 Å². The van der Waals surface area contributed by atoms with Crippen LogP contribution in [0.15, 0.2) is 47.4 Å². The summed E-state index contributed by atoms with van der Waals surface area (Å²) in [6, 6.07) is 8.80. The van der Waals surface area contributed by atoms with E-state index in [9.17, 15) is 26.4 Å². The van der Waals surface area contributed by atoms with Crippen LogP contribution in [0, 0.1) is 0 Å². The molecule has 33 heavy (non-hydrogen) atoms. The molecule has 180 valence electrons. The number of piperazine rings is 1. The Labute approximate surface area is 190 Å². The van der Waals surface area contributed by atoms with Crippen molar-refractivity contribution in [2.75, 3.05) is 40.4 Å². The van der Waals surface area contributed by atoms with Gasteiger partial charge in [0.15, 0.2) is 0 Å². The molecule has 1 fully saturated rings. The average Bonchev–Trinajstić information content (AvgIpc) is 2.81. The zero-order valence-electron chi connectivity index (χ0n) is 18.3. The molecular formula is C22H25F3N2O5S. The fourth-order valence-corrected chi connectivity index (χ4v) is 4.99. The first-order chi connectivity index (χ1) is 15.5. The minimum Gasteiger partial charge on any atom is -0.497 e. The number of benzene rings is 2. The zero-order valence-corrected chi connectivity index (χ0v) is 19.1. The van der Waals surface area contributed by atoms with E-state index in [1.807, 2.05) is 12.1 Å². The number of hydrogen-bond donors (Lipinski definition) is 0. The zero-order chi connectivity index (χ0) is 24.2. The lowest BCUT2D eigenvalue weighted by Crippen LogP contribution is -2.50. The molecule has 11 heteroatoms. The summed E-state index contributed by atoms with van der Waals surface area (Å²) < 4.78 is 75.4. The molecule has 0 spiro atoms. The SMILES string of the molecule is COc1cc(CCC(=O)N2CCN(S(=O)(=O)c3ccc(C(F)(F)F)cc3)CC2)cc(OC)c1. The number of amides is 1. The number of nitrogens with zero attached hydrogens (tertiary/aromatic N) is 2. The topological polar surface area (TPSA) is 76.2 Å². The van der Waals surface area contributed by atoms with E-state index in [0.717, 1.165) is 29.8 Å². The predicted octanol–water partition coefficient (Wildman–Crippen LogP) is 3.19. The predicted molar refractivity (Wildman–Crippen MR) is 115 cm³/mol. The minimum absolute atomic E-state index is 0.0715. The molecule has 0 saturated carbocycles. The third-order valence-electron chi connectivity index (χ3n) is 5.45. The highest BCUT2D eigenvalue weighted by Gasteiger charge is 2.33. The van der Waals surface area contributed by atoms with Gasteiger partial charge in [-0.3, -0.25) is 4.79 Å². The normalized spacial score (nSPS) is 15.4. The van der Waals surface area contributed by atoms with Crippen LogP contribution in [0.5, 0.6) is 11.5 Å². The van der Waals surface area contributed by atoms with E-state index < -0.39 is 21.8 Å². The summed E-state index contributed by atoms with van der Waals surface area (Å²) in [4.78, 5) is 14.0. The van der Waals surface area contributed by atoms with Gasteiger partial charge in [-0.1, -0.05) is 0 Å². The highest BCUT2D eigenvalue weighted by atomic mass is 32.2. The lowest BCUT2D eigenvalue weighted by molar-refractivity contribution is -0.137. The molecule has 0 radical (unpaired) electrons. The standard InChI is InChI=1S/C22H25F3N2O5S/c1-31-18-13-16(14-19(15-18)32-2)3-8-21(28)26-9-11-27(12-10-26)33(29,30)20-6-4-17(5-7-20)22(23,24)25/h4-7,13-15H,3,8-12H2,1-2H3. The summed E-state index contributed by atoms with van der Waals surface area (Å²) in [7, 11) is -0.857. The fraction of sp³-hybridized carbons (Fsp3) is 0.409. The molecule has 0 aromatic heterocycles. The molecule has 1 aliphatic heterocycles. The number of hydrogen-bond acceptors (Lipinski definition) is 5. The molecule has 3 rings (SSSR count). The Kier molecular flexibility index (Phi) is 7.53. The second-order valence-electron chi connectivity index (χ2n) is 7.53. The van der Waals surface area contributed by atoms with Gasteiger partial charge in [-0.2, -0.15) is 17.5 Å². The van der Waals surface area contributed by atoms with Crippen molar-refractivity contribution < 1.29 is 35.9 Å². The first-order valence-electron chi connectivity index (χ1n) is 10.2. The Balaban J connectivity index is 1.57. The molecule has 0 atom stereocenters. The van der Waals surface area contributed by atoms with Crippen molar-refractivity contribution in [3.05, 3.63) is 53.6 Å². The molecular weight excluding hydrogens is 461 g/mol. The Morgan fingerprint density at radius 2 is 1.48 bits per heavy atom. The summed E-state index contributed by atoms with van der Waals surface area (Å²) in [6.45, 7) is 0.560. The van der Waals surface area contributed by atoms with Gasteiger partial charge >= 0.3 is 6.18 Å². The van der Waals surface area contributed by atoms with Gasteiger partial charge in [0, 0.05) is 38.7 Å². The van der Waals surface area contributed by atoms with Gasteiger partial charge in [0.2, 0.25) is 15.9 Å². The summed E-state index contributed by atoms with van der Waals surface area (Å²) in [5, 5.41) is 0. The Morgan fingerprint density at radius 3 is 1.97 bits per heavy atom. The van der Waals surface area contributed by atoms with Crippen molar-refractivity contribution in [2.45, 2.75) is 23.9 Å². The van der Waals surface area contributed by atoms with Gasteiger partial charge in [-0.25, -0.2) is 8.42 Å². The molecule has 1 amide bonds. The summed E-state index contributed by atoms with van der Waals surface area (Å²) in [6.07, 6.45) is -3.83. The molecule has 1 aliphatic rings. The van der Waals surface area contributed by atoms with Crippen molar-refractivity contribution in [2.24, 2.45) is 0 Å². The minimum atomic E-state index is -4.54. The molecule has 7 nitrogen and oxygen atoms in total. The van der Waals surface area contributed by atoms with Gasteiger partial charge < -0.3 is 14.4 Å². The number of rotatable bonds is 7. The monoisotopic (exact) mass is 486 g/mol. The van der Waals surface area contributed by atoms with Crippen LogP contribution in [0.1, 0.15) is 17.5 Å². The molecule has 0 N–H and O–H groups in total. The highest BCUT2D eigenvalue weighted by Crippen LogP contribution is 2.30. The third-order valence-corrected chi connectivity index (χ3v) is 7.36. The van der Waals surface area contributed by atoms with E-state index in [4.69, 9.17) is 9.47 Å². The molecule has 1 heterocycles. The maximum absolute atomic E-state index is 12.8. The number of aryl methyl sites for hydroxylation is 1. The molecule has 2 aromatic carbocycles. The largest absolute Gasteiger partial charge is 0.497 e. The van der Waals surface area contributed by atoms with Crippen LogP contribution in [-0.2, 0) is 27.4 Å². The van der Waals surface area contributed by atoms with Gasteiger partial charge in [0.05, 0.1) is 24.7 Å². The Hall–Kier alpha value is -2.79. The molecule has 0 bridgehead atoms. The number of sulfonamides is 1. The van der Waals surface area contributed by atoms with E-state index in [-0.39, 0.29) is 43.4 Å². The van der Waals surface area contributed by atoms with Gasteiger partial charge in [-0.15, -0.1) is 0 Å². The lowest BCUT2D eigenvalue weighted by atomic mass is 10.1. The van der Waals surface area contributed by atoms with Crippen molar-refractivity contribution >= 4 is 15.9 Å². The summed E-state index contributed by atoms with van der Waals surface area (Å²) >= 11 is 0. The summed E-state index contributed by atoms with van der Waals surface area (Å²) in [5.74, 6) is 1.14. The smallest absolute Gasteiger partial charge is 0.416 e. The first-order valence-corrected chi connectivity index (χ1v) is 11.7. The van der Waals surface area contributed by atoms with E-state index in [0.29, 0.717) is 17.9 Å². The number of halogens is 3. The maximum atomic E-state index is 12.8. The second-order valence-corrected chi connectivity index (χ2v) is 9.47. The van der Waals surface area contributed by atoms with Gasteiger partial charge in [0.25, 0.3) is 0 Å². The van der Waals surface area contributed by atoms with Gasteiger partial charge in [0.1, 0.15) is 11.5 Å². The third kappa shape index (κ3) is 5.97. The van der Waals surface area contributed by atoms with Crippen LogP contribution in [0.4, 0.5) is 13.2 Å².